The lowest BCUT2D eigenvalue weighted by molar-refractivity contribution is 0.0349. The van der Waals surface area contributed by atoms with Crippen molar-refractivity contribution in [3.05, 3.63) is 23.9 Å². The average Bonchev–Trinajstić information content (AvgIpc) is 2.61. The maximum absolute atomic E-state index is 11.9. The lowest BCUT2D eigenvalue weighted by Gasteiger charge is -2.26. The number of hydrogen-bond donors (Lipinski definition) is 3. The number of carbonyl (C=O) groups excluding carboxylic acids is 2. The molecule has 1 aliphatic heterocycles. The highest BCUT2D eigenvalue weighted by molar-refractivity contribution is 5.74. The molecule has 9 nitrogen and oxygen atoms in total. The first kappa shape index (κ1) is 22.9. The number of carbonyl (C=O) groups is 2. The summed E-state index contributed by atoms with van der Waals surface area (Å²) in [4.78, 5) is 25.2. The Morgan fingerprint density at radius 1 is 1.15 bits per heavy atom. The number of nitrogens with one attached hydrogen (secondary N) is 2. The third-order valence-corrected chi connectivity index (χ3v) is 3.27. The summed E-state index contributed by atoms with van der Waals surface area (Å²) in [6, 6.07) is -0.276. The van der Waals surface area contributed by atoms with E-state index in [9.17, 15) is 9.59 Å². The van der Waals surface area contributed by atoms with Gasteiger partial charge in [0.25, 0.3) is 0 Å². The van der Waals surface area contributed by atoms with Crippen LogP contribution in [-0.2, 0) is 14.2 Å². The molecule has 0 bridgehead atoms. The SMILES string of the molecule is CC(C)(C)OC(=O)N1C=CC(CNC(=O)NCCOCCOCCN)=CC1. The van der Waals surface area contributed by atoms with Gasteiger partial charge in [0.1, 0.15) is 5.60 Å². The number of ether oxygens (including phenoxy) is 3. The summed E-state index contributed by atoms with van der Waals surface area (Å²) in [5, 5.41) is 5.46. The predicted octanol–water partition coefficient (Wildman–Crippen LogP) is 0.968. The molecule has 4 N–H and O–H groups in total. The van der Waals surface area contributed by atoms with E-state index in [-0.39, 0.29) is 6.03 Å². The van der Waals surface area contributed by atoms with Gasteiger partial charge in [0, 0.05) is 32.4 Å². The van der Waals surface area contributed by atoms with Crippen molar-refractivity contribution < 1.29 is 23.8 Å². The Bertz CT molecular complexity index is 528. The van der Waals surface area contributed by atoms with Gasteiger partial charge in [0.2, 0.25) is 0 Å². The van der Waals surface area contributed by atoms with Gasteiger partial charge < -0.3 is 30.6 Å². The smallest absolute Gasteiger partial charge is 0.414 e. The van der Waals surface area contributed by atoms with E-state index >= 15 is 0 Å². The molecular formula is C18H32N4O5. The molecule has 0 aromatic carbocycles. The molecule has 0 aromatic heterocycles. The van der Waals surface area contributed by atoms with Gasteiger partial charge in [-0.15, -0.1) is 0 Å². The van der Waals surface area contributed by atoms with Gasteiger partial charge in [0.15, 0.2) is 0 Å². The Hall–Kier alpha value is -2.10. The molecule has 154 valence electrons. The molecule has 0 spiro atoms. The molecule has 3 amide bonds. The topological polar surface area (TPSA) is 115 Å². The molecule has 0 atom stereocenters. The molecule has 1 rings (SSSR count). The van der Waals surface area contributed by atoms with Crippen molar-refractivity contribution in [1.29, 1.82) is 0 Å². The molecule has 0 fully saturated rings. The normalized spacial score (nSPS) is 13.9. The Morgan fingerprint density at radius 3 is 2.44 bits per heavy atom. The highest BCUT2D eigenvalue weighted by Crippen LogP contribution is 2.13. The van der Waals surface area contributed by atoms with Crippen LogP contribution in [0, 0.1) is 0 Å². The highest BCUT2D eigenvalue weighted by Gasteiger charge is 2.21. The molecule has 27 heavy (non-hydrogen) atoms. The molecule has 0 saturated heterocycles. The highest BCUT2D eigenvalue weighted by atomic mass is 16.6. The van der Waals surface area contributed by atoms with E-state index in [2.05, 4.69) is 10.6 Å². The zero-order valence-electron chi connectivity index (χ0n) is 16.5. The fourth-order valence-corrected chi connectivity index (χ4v) is 2.00. The van der Waals surface area contributed by atoms with E-state index in [1.165, 1.54) is 4.90 Å². The predicted molar refractivity (Wildman–Crippen MR) is 102 cm³/mol. The Kier molecular flexibility index (Phi) is 10.5. The Morgan fingerprint density at radius 2 is 1.85 bits per heavy atom. The summed E-state index contributed by atoms with van der Waals surface area (Å²) in [6.07, 6.45) is 4.91. The number of rotatable bonds is 10. The monoisotopic (exact) mass is 384 g/mol. The van der Waals surface area contributed by atoms with E-state index in [0.29, 0.717) is 52.6 Å². The first-order chi connectivity index (χ1) is 12.8. The minimum absolute atomic E-state index is 0.276. The molecule has 0 saturated carbocycles. The van der Waals surface area contributed by atoms with Crippen molar-refractivity contribution in [3.63, 3.8) is 0 Å². The van der Waals surface area contributed by atoms with Crippen LogP contribution in [-0.4, -0.2) is 75.2 Å². The summed E-state index contributed by atoms with van der Waals surface area (Å²) in [5.41, 5.74) is 5.68. The van der Waals surface area contributed by atoms with Gasteiger partial charge in [-0.25, -0.2) is 9.59 Å². The van der Waals surface area contributed by atoms with Crippen LogP contribution in [0.1, 0.15) is 20.8 Å². The lowest BCUT2D eigenvalue weighted by Crippen LogP contribution is -2.39. The van der Waals surface area contributed by atoms with Crippen molar-refractivity contribution in [3.8, 4) is 0 Å². The number of urea groups is 1. The van der Waals surface area contributed by atoms with Crippen LogP contribution >= 0.6 is 0 Å². The second kappa shape index (κ2) is 12.3. The maximum atomic E-state index is 11.9. The number of amides is 3. The molecule has 9 heteroatoms. The molecular weight excluding hydrogens is 352 g/mol. The van der Waals surface area contributed by atoms with Gasteiger partial charge in [-0.2, -0.15) is 0 Å². The molecule has 0 aromatic rings. The van der Waals surface area contributed by atoms with Crippen molar-refractivity contribution in [2.45, 2.75) is 26.4 Å². The third kappa shape index (κ3) is 11.3. The molecule has 1 aliphatic rings. The fraction of sp³-hybridized carbons (Fsp3) is 0.667. The van der Waals surface area contributed by atoms with E-state index in [1.54, 1.807) is 12.3 Å². The quantitative estimate of drug-likeness (QED) is 0.484. The minimum atomic E-state index is -0.532. The Balaban J connectivity index is 2.12. The van der Waals surface area contributed by atoms with Crippen molar-refractivity contribution >= 4 is 12.1 Å². The maximum Gasteiger partial charge on any atom is 0.414 e. The van der Waals surface area contributed by atoms with Crippen LogP contribution < -0.4 is 16.4 Å². The van der Waals surface area contributed by atoms with Crippen LogP contribution in [0.4, 0.5) is 9.59 Å². The summed E-state index contributed by atoms with van der Waals surface area (Å²) >= 11 is 0. The van der Waals surface area contributed by atoms with Gasteiger partial charge in [0.05, 0.1) is 26.4 Å². The average molecular weight is 384 g/mol. The Labute approximate surface area is 160 Å². The van der Waals surface area contributed by atoms with Crippen molar-refractivity contribution in [2.75, 3.05) is 52.6 Å². The van der Waals surface area contributed by atoms with Crippen LogP contribution in [0.3, 0.4) is 0 Å². The lowest BCUT2D eigenvalue weighted by atomic mass is 10.2. The number of nitrogens with two attached hydrogens (primary N) is 1. The number of hydrogen-bond acceptors (Lipinski definition) is 6. The second-order valence-electron chi connectivity index (χ2n) is 6.85. The summed E-state index contributed by atoms with van der Waals surface area (Å²) < 4.78 is 15.8. The van der Waals surface area contributed by atoms with Crippen molar-refractivity contribution in [1.82, 2.24) is 15.5 Å². The number of nitrogens with zero attached hydrogens (tertiary/aromatic N) is 1. The van der Waals surface area contributed by atoms with Crippen LogP contribution in [0.25, 0.3) is 0 Å². The molecule has 1 heterocycles. The standard InChI is InChI=1S/C18H32N4O5/c1-18(2,3)27-17(24)22-8-4-15(5-9-22)14-21-16(23)20-7-11-26-13-12-25-10-6-19/h4-5,8H,6-7,9-14,19H2,1-3H3,(H2,20,21,23). The molecule has 0 unspecified atom stereocenters. The molecule has 0 radical (unpaired) electrons. The first-order valence-corrected chi connectivity index (χ1v) is 9.06. The van der Waals surface area contributed by atoms with Gasteiger partial charge in [-0.3, -0.25) is 4.90 Å². The third-order valence-electron chi connectivity index (χ3n) is 3.27. The van der Waals surface area contributed by atoms with E-state index in [1.807, 2.05) is 26.8 Å². The van der Waals surface area contributed by atoms with E-state index < -0.39 is 11.7 Å². The summed E-state index contributed by atoms with van der Waals surface area (Å²) in [5.74, 6) is 0. The summed E-state index contributed by atoms with van der Waals surface area (Å²) in [6.45, 7) is 9.03. The van der Waals surface area contributed by atoms with Gasteiger partial charge in [-0.1, -0.05) is 6.08 Å². The second-order valence-corrected chi connectivity index (χ2v) is 6.85. The minimum Gasteiger partial charge on any atom is -0.443 e. The van der Waals surface area contributed by atoms with Crippen LogP contribution in [0.5, 0.6) is 0 Å². The van der Waals surface area contributed by atoms with Crippen LogP contribution in [0.15, 0.2) is 23.9 Å². The largest absolute Gasteiger partial charge is 0.443 e. The fourth-order valence-electron chi connectivity index (χ4n) is 2.00. The van der Waals surface area contributed by atoms with E-state index in [0.717, 1.165) is 5.57 Å². The van der Waals surface area contributed by atoms with Crippen LogP contribution in [0.2, 0.25) is 0 Å². The summed E-state index contributed by atoms with van der Waals surface area (Å²) in [7, 11) is 0. The van der Waals surface area contributed by atoms with Gasteiger partial charge in [-0.05, 0) is 32.4 Å². The van der Waals surface area contributed by atoms with Gasteiger partial charge >= 0.3 is 12.1 Å². The van der Waals surface area contributed by atoms with Crippen molar-refractivity contribution in [2.24, 2.45) is 5.73 Å². The van der Waals surface area contributed by atoms with E-state index in [4.69, 9.17) is 19.9 Å². The first-order valence-electron chi connectivity index (χ1n) is 9.06. The zero-order valence-corrected chi connectivity index (χ0v) is 16.5. The molecule has 0 aliphatic carbocycles. The zero-order chi connectivity index (χ0) is 20.1.